The van der Waals surface area contributed by atoms with Crippen LogP contribution in [0.4, 0.5) is 0 Å². The third-order valence-electron chi connectivity index (χ3n) is 3.61. The molecule has 2 atom stereocenters. The highest BCUT2D eigenvalue weighted by atomic mass is 16.5. The smallest absolute Gasteiger partial charge is 0.142 e. The van der Waals surface area contributed by atoms with Crippen LogP contribution in [0.15, 0.2) is 18.5 Å². The molecule has 3 heteroatoms. The molecule has 3 nitrogen and oxygen atoms in total. The molecule has 1 aromatic heterocycles. The number of ether oxygens (including phenoxy) is 1. The van der Waals surface area contributed by atoms with Crippen LogP contribution >= 0.6 is 0 Å². The van der Waals surface area contributed by atoms with Crippen molar-refractivity contribution < 1.29 is 4.74 Å². The summed E-state index contributed by atoms with van der Waals surface area (Å²) in [5.74, 6) is 2.40. The molecule has 2 unspecified atom stereocenters. The van der Waals surface area contributed by atoms with Crippen molar-refractivity contribution >= 4 is 0 Å². The monoisotopic (exact) mass is 234 g/mol. The van der Waals surface area contributed by atoms with Gasteiger partial charge in [-0.25, -0.2) is 0 Å². The van der Waals surface area contributed by atoms with Gasteiger partial charge in [0.2, 0.25) is 0 Å². The SMILES string of the molecule is CC1CCCC(COc2cnccc2CN)C1. The predicted octanol–water partition coefficient (Wildman–Crippen LogP) is 2.75. The first-order valence-corrected chi connectivity index (χ1v) is 6.55. The van der Waals surface area contributed by atoms with E-state index in [2.05, 4.69) is 11.9 Å². The highest BCUT2D eigenvalue weighted by Gasteiger charge is 2.19. The first kappa shape index (κ1) is 12.4. The lowest BCUT2D eigenvalue weighted by atomic mass is 9.83. The van der Waals surface area contributed by atoms with Gasteiger partial charge in [-0.3, -0.25) is 4.98 Å². The summed E-state index contributed by atoms with van der Waals surface area (Å²) in [7, 11) is 0. The minimum absolute atomic E-state index is 0.513. The lowest BCUT2D eigenvalue weighted by Crippen LogP contribution is -2.20. The highest BCUT2D eigenvalue weighted by Crippen LogP contribution is 2.29. The summed E-state index contributed by atoms with van der Waals surface area (Å²) in [4.78, 5) is 4.09. The van der Waals surface area contributed by atoms with E-state index in [4.69, 9.17) is 10.5 Å². The number of hydrogen-bond acceptors (Lipinski definition) is 3. The summed E-state index contributed by atoms with van der Waals surface area (Å²) in [5, 5.41) is 0. The Kier molecular flexibility index (Phi) is 4.37. The van der Waals surface area contributed by atoms with Crippen molar-refractivity contribution in [3.8, 4) is 5.75 Å². The molecule has 2 N–H and O–H groups in total. The molecule has 0 spiro atoms. The van der Waals surface area contributed by atoms with Gasteiger partial charge in [0, 0.05) is 18.3 Å². The van der Waals surface area contributed by atoms with Gasteiger partial charge in [0.1, 0.15) is 5.75 Å². The number of aromatic nitrogens is 1. The number of pyridine rings is 1. The van der Waals surface area contributed by atoms with Gasteiger partial charge in [-0.2, -0.15) is 0 Å². The van der Waals surface area contributed by atoms with Crippen LogP contribution in [0.1, 0.15) is 38.2 Å². The van der Waals surface area contributed by atoms with Crippen LogP contribution < -0.4 is 10.5 Å². The molecule has 1 aliphatic rings. The third-order valence-corrected chi connectivity index (χ3v) is 3.61. The minimum atomic E-state index is 0.513. The van der Waals surface area contributed by atoms with Gasteiger partial charge in [0.05, 0.1) is 12.8 Å². The summed E-state index contributed by atoms with van der Waals surface area (Å²) < 4.78 is 5.87. The van der Waals surface area contributed by atoms with Crippen LogP contribution in [0.2, 0.25) is 0 Å². The topological polar surface area (TPSA) is 48.1 Å². The number of nitrogens with zero attached hydrogens (tertiary/aromatic N) is 1. The standard InChI is InChI=1S/C14H22N2O/c1-11-3-2-4-12(7-11)10-17-14-9-16-6-5-13(14)8-15/h5-6,9,11-12H,2-4,7-8,10,15H2,1H3. The van der Waals surface area contributed by atoms with Crippen molar-refractivity contribution in [1.29, 1.82) is 0 Å². The Morgan fingerprint density at radius 2 is 2.35 bits per heavy atom. The fraction of sp³-hybridized carbons (Fsp3) is 0.643. The molecule has 1 heterocycles. The van der Waals surface area contributed by atoms with Crippen molar-refractivity contribution in [1.82, 2.24) is 4.98 Å². The van der Waals surface area contributed by atoms with Gasteiger partial charge in [-0.05, 0) is 30.7 Å². The highest BCUT2D eigenvalue weighted by molar-refractivity contribution is 5.29. The maximum atomic E-state index is 5.87. The molecule has 0 bridgehead atoms. The molecule has 94 valence electrons. The Hall–Kier alpha value is -1.09. The summed E-state index contributed by atoms with van der Waals surface area (Å²) in [6.45, 7) is 3.66. The summed E-state index contributed by atoms with van der Waals surface area (Å²) in [6.07, 6.45) is 8.83. The van der Waals surface area contributed by atoms with Gasteiger partial charge >= 0.3 is 0 Å². The average molecular weight is 234 g/mol. The molecular weight excluding hydrogens is 212 g/mol. The summed E-state index contributed by atoms with van der Waals surface area (Å²) >= 11 is 0. The average Bonchev–Trinajstić information content (AvgIpc) is 2.37. The second-order valence-electron chi connectivity index (χ2n) is 5.14. The van der Waals surface area contributed by atoms with Crippen LogP contribution in [0, 0.1) is 11.8 Å². The largest absolute Gasteiger partial charge is 0.491 e. The van der Waals surface area contributed by atoms with Crippen LogP contribution in [-0.4, -0.2) is 11.6 Å². The molecule has 1 saturated carbocycles. The minimum Gasteiger partial charge on any atom is -0.491 e. The molecule has 1 aliphatic carbocycles. The van der Waals surface area contributed by atoms with E-state index in [1.807, 2.05) is 6.07 Å². The molecular formula is C14H22N2O. The van der Waals surface area contributed by atoms with Crippen LogP contribution in [-0.2, 0) is 6.54 Å². The molecule has 1 aromatic rings. The number of rotatable bonds is 4. The van der Waals surface area contributed by atoms with E-state index < -0.39 is 0 Å². The first-order chi connectivity index (χ1) is 8.29. The zero-order valence-corrected chi connectivity index (χ0v) is 10.6. The van der Waals surface area contributed by atoms with Crippen molar-refractivity contribution in [2.24, 2.45) is 17.6 Å². The van der Waals surface area contributed by atoms with Gasteiger partial charge in [-0.15, -0.1) is 0 Å². The van der Waals surface area contributed by atoms with Crippen LogP contribution in [0.25, 0.3) is 0 Å². The molecule has 2 rings (SSSR count). The van der Waals surface area contributed by atoms with Crippen LogP contribution in [0.5, 0.6) is 5.75 Å². The van der Waals surface area contributed by atoms with Crippen molar-refractivity contribution in [2.45, 2.75) is 39.2 Å². The number of hydrogen-bond donors (Lipinski definition) is 1. The maximum Gasteiger partial charge on any atom is 0.142 e. The van der Waals surface area contributed by atoms with Crippen molar-refractivity contribution in [3.63, 3.8) is 0 Å². The first-order valence-electron chi connectivity index (χ1n) is 6.55. The van der Waals surface area contributed by atoms with E-state index in [1.54, 1.807) is 12.4 Å². The van der Waals surface area contributed by atoms with E-state index in [-0.39, 0.29) is 0 Å². The van der Waals surface area contributed by atoms with Gasteiger partial charge in [0.25, 0.3) is 0 Å². The second-order valence-corrected chi connectivity index (χ2v) is 5.14. The van der Waals surface area contributed by atoms with E-state index in [1.165, 1.54) is 25.7 Å². The van der Waals surface area contributed by atoms with Gasteiger partial charge in [-0.1, -0.05) is 19.8 Å². The molecule has 0 aliphatic heterocycles. The fourth-order valence-electron chi connectivity index (χ4n) is 2.63. The van der Waals surface area contributed by atoms with E-state index in [0.29, 0.717) is 12.5 Å². The predicted molar refractivity (Wildman–Crippen MR) is 68.7 cm³/mol. The van der Waals surface area contributed by atoms with Crippen molar-refractivity contribution in [2.75, 3.05) is 6.61 Å². The normalized spacial score (nSPS) is 24.6. The molecule has 1 fully saturated rings. The van der Waals surface area contributed by atoms with Gasteiger partial charge < -0.3 is 10.5 Å². The molecule has 17 heavy (non-hydrogen) atoms. The lowest BCUT2D eigenvalue weighted by molar-refractivity contribution is 0.181. The Morgan fingerprint density at radius 1 is 1.47 bits per heavy atom. The Labute approximate surface area is 103 Å². The zero-order valence-electron chi connectivity index (χ0n) is 10.6. The van der Waals surface area contributed by atoms with Crippen molar-refractivity contribution in [3.05, 3.63) is 24.0 Å². The second kappa shape index (κ2) is 6.01. The molecule has 0 amide bonds. The summed E-state index contributed by atoms with van der Waals surface area (Å²) in [6, 6.07) is 1.93. The molecule has 0 radical (unpaired) electrons. The Bertz CT molecular complexity index is 354. The van der Waals surface area contributed by atoms with Gasteiger partial charge in [0.15, 0.2) is 0 Å². The van der Waals surface area contributed by atoms with E-state index >= 15 is 0 Å². The lowest BCUT2D eigenvalue weighted by Gasteiger charge is -2.26. The zero-order chi connectivity index (χ0) is 12.1. The Balaban J connectivity index is 1.88. The fourth-order valence-corrected chi connectivity index (χ4v) is 2.63. The van der Waals surface area contributed by atoms with Crippen LogP contribution in [0.3, 0.4) is 0 Å². The van der Waals surface area contributed by atoms with E-state index in [9.17, 15) is 0 Å². The maximum absolute atomic E-state index is 5.87. The number of nitrogens with two attached hydrogens (primary N) is 1. The Morgan fingerprint density at radius 3 is 3.12 bits per heavy atom. The summed E-state index contributed by atoms with van der Waals surface area (Å²) in [5.41, 5.74) is 6.72. The third kappa shape index (κ3) is 3.43. The molecule has 0 aromatic carbocycles. The van der Waals surface area contributed by atoms with E-state index in [0.717, 1.165) is 23.8 Å². The quantitative estimate of drug-likeness (QED) is 0.871. The molecule has 0 saturated heterocycles.